The average Bonchev–Trinajstić information content (AvgIpc) is 2.14. The second-order valence-electron chi connectivity index (χ2n) is 2.92. The molecule has 1 aromatic carbocycles. The molecule has 0 spiro atoms. The van der Waals surface area contributed by atoms with Gasteiger partial charge in [0.05, 0.1) is 10.5 Å². The molecule has 0 aliphatic carbocycles. The first-order valence-electron chi connectivity index (χ1n) is 4.01. The molecule has 0 aromatic heterocycles. The fourth-order valence-electron chi connectivity index (χ4n) is 1.18. The molecule has 0 fully saturated rings. The first-order valence-corrected chi connectivity index (χ1v) is 4.39. The number of hydrogen-bond donors (Lipinski definition) is 1. The van der Waals surface area contributed by atoms with Crippen LogP contribution in [0.25, 0.3) is 0 Å². The third kappa shape index (κ3) is 2.42. The summed E-state index contributed by atoms with van der Waals surface area (Å²) in [5, 5.41) is 9.98. The zero-order valence-corrected chi connectivity index (χ0v) is 8.47. The number of benzene rings is 1. The normalized spacial score (nSPS) is 11.6. The highest BCUT2D eigenvalue weighted by molar-refractivity contribution is 6.32. The summed E-state index contributed by atoms with van der Waals surface area (Å²) in [7, 11) is 0. The van der Waals surface area contributed by atoms with E-state index in [1.807, 2.05) is 0 Å². The van der Waals surface area contributed by atoms with E-state index in [1.165, 1.54) is 0 Å². The van der Waals surface area contributed by atoms with Crippen molar-refractivity contribution < 1.29 is 18.1 Å². The van der Waals surface area contributed by atoms with Gasteiger partial charge in [-0.2, -0.15) is 13.2 Å². The van der Waals surface area contributed by atoms with E-state index < -0.39 is 27.4 Å². The van der Waals surface area contributed by atoms with Crippen molar-refractivity contribution in [3.8, 4) is 0 Å². The van der Waals surface area contributed by atoms with E-state index in [2.05, 4.69) is 0 Å². The minimum Gasteiger partial charge on any atom is -0.326 e. The van der Waals surface area contributed by atoms with Crippen LogP contribution in [0, 0.1) is 10.1 Å². The monoisotopic (exact) mass is 254 g/mol. The van der Waals surface area contributed by atoms with Crippen molar-refractivity contribution in [2.45, 2.75) is 12.7 Å². The minimum absolute atomic E-state index is 0.246. The van der Waals surface area contributed by atoms with Gasteiger partial charge in [0.1, 0.15) is 5.02 Å². The molecule has 0 amide bonds. The van der Waals surface area contributed by atoms with Gasteiger partial charge in [0.15, 0.2) is 0 Å². The summed E-state index contributed by atoms with van der Waals surface area (Å²) in [6.07, 6.45) is -4.61. The second kappa shape index (κ2) is 4.26. The third-order valence-corrected chi connectivity index (χ3v) is 2.16. The molecule has 1 rings (SSSR count). The molecular weight excluding hydrogens is 249 g/mol. The van der Waals surface area contributed by atoms with Crippen LogP contribution < -0.4 is 5.73 Å². The van der Waals surface area contributed by atoms with Crippen molar-refractivity contribution in [1.82, 2.24) is 0 Å². The van der Waals surface area contributed by atoms with Crippen LogP contribution in [-0.4, -0.2) is 4.92 Å². The maximum absolute atomic E-state index is 12.3. The van der Waals surface area contributed by atoms with Crippen LogP contribution in [0.2, 0.25) is 5.02 Å². The van der Waals surface area contributed by atoms with E-state index in [0.717, 1.165) is 0 Å². The van der Waals surface area contributed by atoms with Crippen molar-refractivity contribution >= 4 is 17.3 Å². The molecule has 1 aromatic rings. The summed E-state index contributed by atoms with van der Waals surface area (Å²) in [6.45, 7) is -0.389. The zero-order valence-electron chi connectivity index (χ0n) is 7.71. The lowest BCUT2D eigenvalue weighted by molar-refractivity contribution is -0.385. The van der Waals surface area contributed by atoms with Crippen molar-refractivity contribution in [3.05, 3.63) is 38.4 Å². The number of nitro benzene ring substituents is 1. The van der Waals surface area contributed by atoms with Crippen LogP contribution in [0.4, 0.5) is 18.9 Å². The SMILES string of the molecule is NCc1cc(C(F)(F)F)cc(Cl)c1[N+](=O)[O-]. The Hall–Kier alpha value is -1.34. The van der Waals surface area contributed by atoms with Crippen LogP contribution >= 0.6 is 11.6 Å². The summed E-state index contributed by atoms with van der Waals surface area (Å²) < 4.78 is 37.0. The largest absolute Gasteiger partial charge is 0.416 e. The van der Waals surface area contributed by atoms with Crippen LogP contribution in [0.1, 0.15) is 11.1 Å². The van der Waals surface area contributed by atoms with Crippen LogP contribution in [-0.2, 0) is 12.7 Å². The Balaban J connectivity index is 3.44. The number of nitrogens with zero attached hydrogens (tertiary/aromatic N) is 1. The second-order valence-corrected chi connectivity index (χ2v) is 3.33. The lowest BCUT2D eigenvalue weighted by atomic mass is 10.1. The molecule has 4 nitrogen and oxygen atoms in total. The molecule has 8 heteroatoms. The Bertz CT molecular complexity index is 434. The number of nitrogens with two attached hydrogens (primary N) is 1. The van der Waals surface area contributed by atoms with Crippen LogP contribution in [0.15, 0.2) is 12.1 Å². The van der Waals surface area contributed by atoms with Gasteiger partial charge >= 0.3 is 6.18 Å². The van der Waals surface area contributed by atoms with Gasteiger partial charge in [0.2, 0.25) is 0 Å². The van der Waals surface area contributed by atoms with Gasteiger partial charge in [-0.05, 0) is 12.1 Å². The first kappa shape index (κ1) is 12.7. The minimum atomic E-state index is -4.61. The Labute approximate surface area is 93.0 Å². The molecule has 16 heavy (non-hydrogen) atoms. The summed E-state index contributed by atoms with van der Waals surface area (Å²) >= 11 is 5.42. The number of alkyl halides is 3. The zero-order chi connectivity index (χ0) is 12.5. The molecule has 0 aliphatic heterocycles. The number of hydrogen-bond acceptors (Lipinski definition) is 3. The fraction of sp³-hybridized carbons (Fsp3) is 0.250. The van der Waals surface area contributed by atoms with Crippen LogP contribution in [0.5, 0.6) is 0 Å². The molecular formula is C8H6ClF3N2O2. The van der Waals surface area contributed by atoms with Gasteiger partial charge in [0, 0.05) is 12.1 Å². The van der Waals surface area contributed by atoms with Gasteiger partial charge in [-0.3, -0.25) is 10.1 Å². The molecule has 0 aliphatic rings. The molecule has 0 bridgehead atoms. The fourth-order valence-corrected chi connectivity index (χ4v) is 1.49. The Kier molecular flexibility index (Phi) is 3.39. The Morgan fingerprint density at radius 3 is 2.38 bits per heavy atom. The van der Waals surface area contributed by atoms with E-state index in [4.69, 9.17) is 17.3 Å². The predicted octanol–water partition coefficient (Wildman–Crippen LogP) is 2.73. The van der Waals surface area contributed by atoms with Crippen molar-refractivity contribution in [2.24, 2.45) is 5.73 Å². The molecule has 0 saturated heterocycles. The topological polar surface area (TPSA) is 69.2 Å². The summed E-state index contributed by atoms with van der Waals surface area (Å²) in [6, 6.07) is 1.14. The maximum Gasteiger partial charge on any atom is 0.416 e. The molecule has 0 radical (unpaired) electrons. The highest BCUT2D eigenvalue weighted by Gasteiger charge is 2.33. The first-order chi connectivity index (χ1) is 7.27. The molecule has 2 N–H and O–H groups in total. The number of rotatable bonds is 2. The van der Waals surface area contributed by atoms with E-state index in [9.17, 15) is 23.3 Å². The number of nitro groups is 1. The standard InChI is InChI=1S/C8H6ClF3N2O2/c9-6-2-5(8(10,11)12)1-4(3-13)7(6)14(15)16/h1-2H,3,13H2. The summed E-state index contributed by atoms with van der Waals surface area (Å²) in [5.74, 6) is 0. The summed E-state index contributed by atoms with van der Waals surface area (Å²) in [4.78, 5) is 9.69. The smallest absolute Gasteiger partial charge is 0.326 e. The number of halogens is 4. The van der Waals surface area contributed by atoms with E-state index in [-0.39, 0.29) is 12.1 Å². The lowest BCUT2D eigenvalue weighted by Gasteiger charge is -2.09. The Morgan fingerprint density at radius 1 is 1.44 bits per heavy atom. The Morgan fingerprint density at radius 2 is 2.00 bits per heavy atom. The van der Waals surface area contributed by atoms with Gasteiger partial charge in [0.25, 0.3) is 5.69 Å². The molecule has 88 valence electrons. The summed E-state index contributed by atoms with van der Waals surface area (Å²) in [5.41, 5.74) is 3.26. The highest BCUT2D eigenvalue weighted by Crippen LogP contribution is 2.37. The molecule has 0 saturated carbocycles. The van der Waals surface area contributed by atoms with Gasteiger partial charge in [-0.25, -0.2) is 0 Å². The quantitative estimate of drug-likeness (QED) is 0.652. The lowest BCUT2D eigenvalue weighted by Crippen LogP contribution is -2.09. The predicted molar refractivity (Wildman–Crippen MR) is 51.0 cm³/mol. The van der Waals surface area contributed by atoms with E-state index in [0.29, 0.717) is 12.1 Å². The van der Waals surface area contributed by atoms with Crippen molar-refractivity contribution in [2.75, 3.05) is 0 Å². The van der Waals surface area contributed by atoms with E-state index in [1.54, 1.807) is 0 Å². The highest BCUT2D eigenvalue weighted by atomic mass is 35.5. The molecule has 0 unspecified atom stereocenters. The maximum atomic E-state index is 12.3. The van der Waals surface area contributed by atoms with Crippen molar-refractivity contribution in [3.63, 3.8) is 0 Å². The van der Waals surface area contributed by atoms with Gasteiger partial charge < -0.3 is 5.73 Å². The van der Waals surface area contributed by atoms with E-state index >= 15 is 0 Å². The average molecular weight is 255 g/mol. The molecule has 0 atom stereocenters. The van der Waals surface area contributed by atoms with Crippen LogP contribution in [0.3, 0.4) is 0 Å². The van der Waals surface area contributed by atoms with Gasteiger partial charge in [-0.1, -0.05) is 11.6 Å². The van der Waals surface area contributed by atoms with Crippen molar-refractivity contribution in [1.29, 1.82) is 0 Å². The van der Waals surface area contributed by atoms with Gasteiger partial charge in [-0.15, -0.1) is 0 Å². The third-order valence-electron chi connectivity index (χ3n) is 1.87. The molecule has 0 heterocycles.